The number of hydrogen-bond donors (Lipinski definition) is 0. The molecular weight excluding hydrogens is 220 g/mol. The van der Waals surface area contributed by atoms with Crippen LogP contribution in [0.15, 0.2) is 24.7 Å². The molecule has 0 amide bonds. The number of pyridine rings is 1. The molecule has 100 valence electrons. The van der Waals surface area contributed by atoms with E-state index in [1.54, 1.807) is 0 Å². The summed E-state index contributed by atoms with van der Waals surface area (Å²) in [7, 11) is 0. The first-order valence-electron chi connectivity index (χ1n) is 7.09. The van der Waals surface area contributed by atoms with Crippen LogP contribution in [0.1, 0.15) is 65.5 Å². The van der Waals surface area contributed by atoms with Crippen LogP contribution in [-0.4, -0.2) is 9.55 Å². The largest absolute Gasteiger partial charge is 0.344 e. The molecule has 2 heterocycles. The quantitative estimate of drug-likeness (QED) is 0.731. The molecule has 2 nitrogen and oxygen atoms in total. The second kappa shape index (κ2) is 6.58. The van der Waals surface area contributed by atoms with Crippen molar-refractivity contribution in [2.45, 2.75) is 59.9 Å². The third-order valence-electron chi connectivity index (χ3n) is 3.35. The van der Waals surface area contributed by atoms with Crippen molar-refractivity contribution in [2.75, 3.05) is 0 Å². The first-order chi connectivity index (χ1) is 8.65. The molecule has 0 aromatic carbocycles. The van der Waals surface area contributed by atoms with Gasteiger partial charge in [0.2, 0.25) is 0 Å². The first kappa shape index (κ1) is 14.7. The highest BCUT2D eigenvalue weighted by Gasteiger charge is 2.13. The Bertz CT molecular complexity index is 483. The van der Waals surface area contributed by atoms with E-state index in [4.69, 9.17) is 0 Å². The summed E-state index contributed by atoms with van der Waals surface area (Å²) in [5.74, 6) is 0.553. The highest BCUT2D eigenvalue weighted by Crippen LogP contribution is 2.29. The zero-order valence-corrected chi connectivity index (χ0v) is 12.6. The summed E-state index contributed by atoms with van der Waals surface area (Å²) in [6.07, 6.45) is 7.32. The summed E-state index contributed by atoms with van der Waals surface area (Å²) in [4.78, 5) is 4.24. The van der Waals surface area contributed by atoms with Gasteiger partial charge in [0.15, 0.2) is 0 Å². The molecule has 0 aliphatic heterocycles. The van der Waals surface area contributed by atoms with Crippen molar-refractivity contribution in [1.82, 2.24) is 9.55 Å². The molecule has 0 saturated carbocycles. The number of rotatable bonds is 3. The van der Waals surface area contributed by atoms with Crippen LogP contribution in [0.3, 0.4) is 0 Å². The first-order valence-corrected chi connectivity index (χ1v) is 7.09. The molecule has 1 atom stereocenters. The van der Waals surface area contributed by atoms with Crippen LogP contribution in [0.25, 0.3) is 10.9 Å². The monoisotopic (exact) mass is 246 g/mol. The maximum atomic E-state index is 4.24. The third-order valence-corrected chi connectivity index (χ3v) is 3.35. The Kier molecular flexibility index (Phi) is 5.39. The van der Waals surface area contributed by atoms with Gasteiger partial charge < -0.3 is 4.57 Å². The van der Waals surface area contributed by atoms with Crippen molar-refractivity contribution in [3.8, 4) is 0 Å². The van der Waals surface area contributed by atoms with Gasteiger partial charge in [-0.2, -0.15) is 0 Å². The van der Waals surface area contributed by atoms with E-state index in [2.05, 4.69) is 49.5 Å². The van der Waals surface area contributed by atoms with Gasteiger partial charge in [0.05, 0.1) is 5.52 Å². The summed E-state index contributed by atoms with van der Waals surface area (Å²) in [6, 6.07) is 2.67. The van der Waals surface area contributed by atoms with Gasteiger partial charge in [-0.1, -0.05) is 34.6 Å². The fourth-order valence-corrected chi connectivity index (χ4v) is 2.15. The predicted octanol–water partition coefficient (Wildman–Crippen LogP) is 5.16. The molecule has 0 radical (unpaired) electrons. The topological polar surface area (TPSA) is 17.8 Å². The maximum Gasteiger partial charge on any atom is 0.0516 e. The second-order valence-corrected chi connectivity index (χ2v) is 4.80. The molecule has 0 spiro atoms. The fraction of sp³-hybridized carbons (Fsp3) is 0.562. The number of hydrogen-bond acceptors (Lipinski definition) is 1. The Balaban J connectivity index is 0.000000771. The third kappa shape index (κ3) is 2.74. The molecule has 2 aromatic heterocycles. The Morgan fingerprint density at radius 1 is 1.22 bits per heavy atom. The van der Waals surface area contributed by atoms with Crippen molar-refractivity contribution in [2.24, 2.45) is 0 Å². The van der Waals surface area contributed by atoms with Crippen LogP contribution < -0.4 is 0 Å². The van der Waals surface area contributed by atoms with Crippen LogP contribution in [0.2, 0.25) is 0 Å². The predicted molar refractivity (Wildman–Crippen MR) is 80.2 cm³/mol. The fourth-order valence-electron chi connectivity index (χ4n) is 2.15. The van der Waals surface area contributed by atoms with Crippen LogP contribution in [0.4, 0.5) is 0 Å². The Labute approximate surface area is 111 Å². The maximum absolute atomic E-state index is 4.24. The Hall–Kier alpha value is -1.31. The van der Waals surface area contributed by atoms with Gasteiger partial charge in [-0.05, 0) is 30.9 Å². The van der Waals surface area contributed by atoms with Crippen molar-refractivity contribution in [3.05, 3.63) is 30.2 Å². The normalized spacial score (nSPS) is 12.4. The van der Waals surface area contributed by atoms with Gasteiger partial charge in [0, 0.05) is 30.0 Å². The standard InChI is InChI=1S/C14H20N2.C2H6/c1-5-11(4)16-9-13(10(2)3)12-8-15-7-6-14(12)16;1-2/h6-11H,5H2,1-4H3;1-2H3. The van der Waals surface area contributed by atoms with Crippen molar-refractivity contribution >= 4 is 10.9 Å². The van der Waals surface area contributed by atoms with Gasteiger partial charge >= 0.3 is 0 Å². The summed E-state index contributed by atoms with van der Waals surface area (Å²) >= 11 is 0. The number of nitrogens with zero attached hydrogens (tertiary/aromatic N) is 2. The van der Waals surface area contributed by atoms with E-state index in [1.807, 2.05) is 26.2 Å². The minimum absolute atomic E-state index is 0.553. The average Bonchev–Trinajstić information content (AvgIpc) is 2.80. The molecule has 2 rings (SSSR count). The van der Waals surface area contributed by atoms with Crippen molar-refractivity contribution in [3.63, 3.8) is 0 Å². The lowest BCUT2D eigenvalue weighted by Gasteiger charge is -2.12. The minimum Gasteiger partial charge on any atom is -0.344 e. The van der Waals surface area contributed by atoms with Crippen LogP contribution in [0, 0.1) is 0 Å². The van der Waals surface area contributed by atoms with E-state index < -0.39 is 0 Å². The lowest BCUT2D eigenvalue weighted by atomic mass is 10.0. The summed E-state index contributed by atoms with van der Waals surface area (Å²) < 4.78 is 2.38. The molecule has 2 heteroatoms. The van der Waals surface area contributed by atoms with E-state index in [-0.39, 0.29) is 0 Å². The Morgan fingerprint density at radius 2 is 1.89 bits per heavy atom. The highest BCUT2D eigenvalue weighted by molar-refractivity contribution is 5.83. The summed E-state index contributed by atoms with van der Waals surface area (Å²) in [5.41, 5.74) is 2.72. The van der Waals surface area contributed by atoms with E-state index in [1.165, 1.54) is 16.5 Å². The summed E-state index contributed by atoms with van der Waals surface area (Å²) in [5, 5.41) is 1.30. The SMILES string of the molecule is CC.CCC(C)n1cc(C(C)C)c2cnccc21. The molecule has 0 aliphatic carbocycles. The van der Waals surface area contributed by atoms with Crippen LogP contribution in [-0.2, 0) is 0 Å². The average molecular weight is 246 g/mol. The lowest BCUT2D eigenvalue weighted by Crippen LogP contribution is -2.01. The molecule has 1 unspecified atom stereocenters. The smallest absolute Gasteiger partial charge is 0.0516 e. The van der Waals surface area contributed by atoms with Crippen LogP contribution in [0.5, 0.6) is 0 Å². The lowest BCUT2D eigenvalue weighted by molar-refractivity contribution is 0.546. The van der Waals surface area contributed by atoms with E-state index in [9.17, 15) is 0 Å². The molecule has 0 N–H and O–H groups in total. The van der Waals surface area contributed by atoms with Gasteiger partial charge in [-0.3, -0.25) is 4.98 Å². The van der Waals surface area contributed by atoms with Crippen LogP contribution >= 0.6 is 0 Å². The molecule has 2 aromatic rings. The molecule has 18 heavy (non-hydrogen) atoms. The molecule has 0 fully saturated rings. The molecular formula is C16H26N2. The highest BCUT2D eigenvalue weighted by atomic mass is 15.0. The van der Waals surface area contributed by atoms with Gasteiger partial charge in [-0.25, -0.2) is 0 Å². The van der Waals surface area contributed by atoms with Gasteiger partial charge in [-0.15, -0.1) is 0 Å². The van der Waals surface area contributed by atoms with E-state index >= 15 is 0 Å². The van der Waals surface area contributed by atoms with Gasteiger partial charge in [0.1, 0.15) is 0 Å². The molecule has 0 bridgehead atoms. The summed E-state index contributed by atoms with van der Waals surface area (Å²) in [6.45, 7) is 13.0. The van der Waals surface area contributed by atoms with Crippen molar-refractivity contribution in [1.29, 1.82) is 0 Å². The molecule has 0 aliphatic rings. The van der Waals surface area contributed by atoms with Gasteiger partial charge in [0.25, 0.3) is 0 Å². The second-order valence-electron chi connectivity index (χ2n) is 4.80. The zero-order chi connectivity index (χ0) is 13.7. The van der Waals surface area contributed by atoms with E-state index in [0.29, 0.717) is 12.0 Å². The molecule has 0 saturated heterocycles. The number of aromatic nitrogens is 2. The van der Waals surface area contributed by atoms with Crippen molar-refractivity contribution < 1.29 is 0 Å². The number of fused-ring (bicyclic) bond motifs is 1. The minimum atomic E-state index is 0.553. The van der Waals surface area contributed by atoms with E-state index in [0.717, 1.165) is 6.42 Å². The zero-order valence-electron chi connectivity index (χ0n) is 12.6. The Morgan fingerprint density at radius 3 is 2.44 bits per heavy atom.